The van der Waals surface area contributed by atoms with Crippen LogP contribution in [0, 0.1) is 5.41 Å². The Bertz CT molecular complexity index is 541. The molecule has 0 saturated heterocycles. The van der Waals surface area contributed by atoms with Crippen molar-refractivity contribution in [2.24, 2.45) is 5.73 Å². The number of rotatable bonds is 3. The number of amidine groups is 1. The third-order valence-electron chi connectivity index (χ3n) is 2.49. The van der Waals surface area contributed by atoms with Gasteiger partial charge in [-0.15, -0.1) is 0 Å². The molecular weight excluding hydrogens is 214 g/mol. The Morgan fingerprint density at radius 1 is 1.35 bits per heavy atom. The summed E-state index contributed by atoms with van der Waals surface area (Å²) in [5.74, 6) is 2.03. The van der Waals surface area contributed by atoms with Crippen LogP contribution in [0.5, 0.6) is 0 Å². The molecule has 88 valence electrons. The number of pyridine rings is 1. The highest BCUT2D eigenvalue weighted by Gasteiger charge is 2.10. The van der Waals surface area contributed by atoms with E-state index in [9.17, 15) is 0 Å². The van der Waals surface area contributed by atoms with Gasteiger partial charge in [-0.3, -0.25) is 9.98 Å². The molecule has 0 radical (unpaired) electrons. The van der Waals surface area contributed by atoms with Gasteiger partial charge >= 0.3 is 0 Å². The Morgan fingerprint density at radius 3 is 2.76 bits per heavy atom. The summed E-state index contributed by atoms with van der Waals surface area (Å²) in [6.45, 7) is 4.15. The summed E-state index contributed by atoms with van der Waals surface area (Å²) in [4.78, 5) is 8.58. The molecule has 0 atom stereocenters. The standard InChI is InChI=1S/C12H15N5/c1-8(2)12-16-5-6-17(12)10-7-9(11(13)14)3-4-15-10/h3-8H,1-2H3,(H3,13,14). The first kappa shape index (κ1) is 11.3. The van der Waals surface area contributed by atoms with Crippen LogP contribution >= 0.6 is 0 Å². The lowest BCUT2D eigenvalue weighted by Gasteiger charge is -2.10. The average Bonchev–Trinajstić information content (AvgIpc) is 2.78. The zero-order valence-corrected chi connectivity index (χ0v) is 9.88. The van der Waals surface area contributed by atoms with Crippen molar-refractivity contribution in [2.75, 3.05) is 0 Å². The van der Waals surface area contributed by atoms with Crippen LogP contribution in [-0.2, 0) is 0 Å². The molecule has 0 fully saturated rings. The topological polar surface area (TPSA) is 80.6 Å². The molecule has 2 heterocycles. The SMILES string of the molecule is CC(C)c1nccn1-c1cc(C(=N)N)ccn1. The molecule has 0 saturated carbocycles. The third-order valence-corrected chi connectivity index (χ3v) is 2.49. The smallest absolute Gasteiger partial charge is 0.138 e. The number of aromatic nitrogens is 3. The minimum atomic E-state index is 0.0415. The number of nitrogens with one attached hydrogen (secondary N) is 1. The highest BCUT2D eigenvalue weighted by atomic mass is 15.1. The van der Waals surface area contributed by atoms with Crippen LogP contribution in [0.4, 0.5) is 0 Å². The fourth-order valence-electron chi connectivity index (χ4n) is 1.65. The van der Waals surface area contributed by atoms with E-state index in [2.05, 4.69) is 23.8 Å². The Labute approximate surface area is 99.8 Å². The Balaban J connectivity index is 2.49. The normalized spacial score (nSPS) is 10.8. The Kier molecular flexibility index (Phi) is 2.91. The maximum atomic E-state index is 7.42. The first-order valence-corrected chi connectivity index (χ1v) is 5.43. The molecule has 0 aliphatic carbocycles. The minimum Gasteiger partial charge on any atom is -0.384 e. The highest BCUT2D eigenvalue weighted by Crippen LogP contribution is 2.16. The van der Waals surface area contributed by atoms with Crippen LogP contribution < -0.4 is 5.73 Å². The number of nitrogens with two attached hydrogens (primary N) is 1. The largest absolute Gasteiger partial charge is 0.384 e. The fraction of sp³-hybridized carbons (Fsp3) is 0.250. The van der Waals surface area contributed by atoms with Gasteiger partial charge < -0.3 is 5.73 Å². The van der Waals surface area contributed by atoms with Gasteiger partial charge in [0.1, 0.15) is 17.5 Å². The van der Waals surface area contributed by atoms with Crippen molar-refractivity contribution in [3.05, 3.63) is 42.1 Å². The number of nitrogens with zero attached hydrogens (tertiary/aromatic N) is 3. The van der Waals surface area contributed by atoms with Crippen LogP contribution in [0.15, 0.2) is 30.7 Å². The lowest BCUT2D eigenvalue weighted by Crippen LogP contribution is -2.12. The maximum absolute atomic E-state index is 7.42. The zero-order chi connectivity index (χ0) is 12.4. The molecule has 2 aromatic heterocycles. The van der Waals surface area contributed by atoms with E-state index in [-0.39, 0.29) is 5.84 Å². The number of imidazole rings is 1. The molecule has 0 aliphatic heterocycles. The second-order valence-electron chi connectivity index (χ2n) is 4.13. The van der Waals surface area contributed by atoms with Crippen LogP contribution in [0.3, 0.4) is 0 Å². The van der Waals surface area contributed by atoms with Gasteiger partial charge in [-0.1, -0.05) is 13.8 Å². The van der Waals surface area contributed by atoms with Crippen molar-refractivity contribution in [3.63, 3.8) is 0 Å². The minimum absolute atomic E-state index is 0.0415. The van der Waals surface area contributed by atoms with Crippen LogP contribution in [-0.4, -0.2) is 20.4 Å². The van der Waals surface area contributed by atoms with Crippen molar-refractivity contribution in [1.82, 2.24) is 14.5 Å². The number of hydrogen-bond donors (Lipinski definition) is 2. The molecule has 3 N–H and O–H groups in total. The molecule has 0 aliphatic rings. The molecule has 0 unspecified atom stereocenters. The molecule has 0 aromatic carbocycles. The highest BCUT2D eigenvalue weighted by molar-refractivity contribution is 5.95. The van der Waals surface area contributed by atoms with E-state index < -0.39 is 0 Å². The summed E-state index contributed by atoms with van der Waals surface area (Å²) in [6.07, 6.45) is 5.26. The van der Waals surface area contributed by atoms with Crippen molar-refractivity contribution in [3.8, 4) is 5.82 Å². The predicted molar refractivity (Wildman–Crippen MR) is 66.5 cm³/mol. The lowest BCUT2D eigenvalue weighted by atomic mass is 10.2. The van der Waals surface area contributed by atoms with Crippen molar-refractivity contribution < 1.29 is 0 Å². The number of hydrogen-bond acceptors (Lipinski definition) is 3. The molecule has 2 rings (SSSR count). The van der Waals surface area contributed by atoms with E-state index in [0.29, 0.717) is 11.5 Å². The van der Waals surface area contributed by atoms with Gasteiger partial charge in [0.05, 0.1) is 0 Å². The third kappa shape index (κ3) is 2.18. The van der Waals surface area contributed by atoms with Crippen LogP contribution in [0.25, 0.3) is 5.82 Å². The van der Waals surface area contributed by atoms with Crippen LogP contribution in [0.1, 0.15) is 31.2 Å². The van der Waals surface area contributed by atoms with Gasteiger partial charge in [-0.05, 0) is 12.1 Å². The monoisotopic (exact) mass is 229 g/mol. The van der Waals surface area contributed by atoms with Gasteiger partial charge in [0.25, 0.3) is 0 Å². The van der Waals surface area contributed by atoms with E-state index in [0.717, 1.165) is 11.6 Å². The van der Waals surface area contributed by atoms with Gasteiger partial charge in [0, 0.05) is 30.1 Å². The zero-order valence-electron chi connectivity index (χ0n) is 9.88. The lowest BCUT2D eigenvalue weighted by molar-refractivity contribution is 0.743. The Morgan fingerprint density at radius 2 is 2.12 bits per heavy atom. The molecule has 0 amide bonds. The molecule has 5 heteroatoms. The van der Waals surface area contributed by atoms with E-state index in [1.54, 1.807) is 24.5 Å². The molecular formula is C12H15N5. The number of nitrogen functional groups attached to an aromatic ring is 1. The fourth-order valence-corrected chi connectivity index (χ4v) is 1.65. The van der Waals surface area contributed by atoms with E-state index in [4.69, 9.17) is 11.1 Å². The summed E-state index contributed by atoms with van der Waals surface area (Å²) in [5, 5.41) is 7.42. The second-order valence-corrected chi connectivity index (χ2v) is 4.13. The maximum Gasteiger partial charge on any atom is 0.138 e. The summed E-state index contributed by atoms with van der Waals surface area (Å²) in [5.41, 5.74) is 6.13. The predicted octanol–water partition coefficient (Wildman–Crippen LogP) is 1.67. The molecule has 0 spiro atoms. The molecule has 5 nitrogen and oxygen atoms in total. The quantitative estimate of drug-likeness (QED) is 0.620. The summed E-state index contributed by atoms with van der Waals surface area (Å²) in [7, 11) is 0. The van der Waals surface area contributed by atoms with Crippen LogP contribution in [0.2, 0.25) is 0 Å². The first-order chi connectivity index (χ1) is 8.09. The van der Waals surface area contributed by atoms with Gasteiger partial charge in [-0.25, -0.2) is 9.97 Å². The van der Waals surface area contributed by atoms with E-state index >= 15 is 0 Å². The second kappa shape index (κ2) is 4.37. The van der Waals surface area contributed by atoms with E-state index in [1.165, 1.54) is 0 Å². The summed E-state index contributed by atoms with van der Waals surface area (Å²) in [6, 6.07) is 3.51. The average molecular weight is 229 g/mol. The first-order valence-electron chi connectivity index (χ1n) is 5.43. The van der Waals surface area contributed by atoms with Gasteiger partial charge in [0.2, 0.25) is 0 Å². The molecule has 17 heavy (non-hydrogen) atoms. The Hall–Kier alpha value is -2.17. The summed E-state index contributed by atoms with van der Waals surface area (Å²) >= 11 is 0. The summed E-state index contributed by atoms with van der Waals surface area (Å²) < 4.78 is 1.91. The van der Waals surface area contributed by atoms with Gasteiger partial charge in [0.15, 0.2) is 0 Å². The van der Waals surface area contributed by atoms with Crippen molar-refractivity contribution in [1.29, 1.82) is 5.41 Å². The van der Waals surface area contributed by atoms with Crippen molar-refractivity contribution in [2.45, 2.75) is 19.8 Å². The van der Waals surface area contributed by atoms with Gasteiger partial charge in [-0.2, -0.15) is 0 Å². The molecule has 2 aromatic rings. The van der Waals surface area contributed by atoms with Crippen molar-refractivity contribution >= 4 is 5.84 Å². The van der Waals surface area contributed by atoms with E-state index in [1.807, 2.05) is 10.8 Å². The molecule has 0 bridgehead atoms.